The van der Waals surface area contributed by atoms with Crippen molar-refractivity contribution in [3.05, 3.63) is 102 Å². The van der Waals surface area contributed by atoms with E-state index in [0.29, 0.717) is 11.0 Å². The zero-order chi connectivity index (χ0) is 25.4. The van der Waals surface area contributed by atoms with Crippen LogP contribution >= 0.6 is 11.6 Å². The monoisotopic (exact) mass is 517 g/mol. The van der Waals surface area contributed by atoms with Gasteiger partial charge in [0.2, 0.25) is 0 Å². The smallest absolute Gasteiger partial charge is 0.176 e. The molecule has 10 rings (SSSR count). The molecule has 9 aromatic rings. The van der Waals surface area contributed by atoms with Crippen molar-refractivity contribution in [2.75, 3.05) is 0 Å². The Kier molecular flexibility index (Phi) is 3.47. The molecule has 0 radical (unpaired) electrons. The molecule has 0 N–H and O–H groups in total. The second kappa shape index (κ2) is 6.73. The molecule has 0 saturated carbocycles. The third-order valence-electron chi connectivity index (χ3n) is 8.38. The largest absolute Gasteiger partial charge is 0.455 e. The van der Waals surface area contributed by atoms with Crippen LogP contribution in [0.2, 0.25) is 5.15 Å². The van der Waals surface area contributed by atoms with E-state index in [1.807, 2.05) is 24.3 Å². The number of rotatable bonds is 1. The fourth-order valence-electron chi connectivity index (χ4n) is 6.84. The lowest BCUT2D eigenvalue weighted by Gasteiger charge is -2.12. The summed E-state index contributed by atoms with van der Waals surface area (Å²) in [6.45, 7) is 0. The summed E-state index contributed by atoms with van der Waals surface area (Å²) in [5.41, 5.74) is 7.91. The molecule has 0 spiro atoms. The number of hydrogen-bond donors (Lipinski definition) is 0. The third-order valence-corrected chi connectivity index (χ3v) is 8.63. The number of halogens is 1. The average molecular weight is 518 g/mol. The highest BCUT2D eigenvalue weighted by molar-refractivity contribution is 6.40. The van der Waals surface area contributed by atoms with Crippen LogP contribution in [0.15, 0.2) is 101 Å². The molecule has 0 amide bonds. The van der Waals surface area contributed by atoms with Gasteiger partial charge in [0.25, 0.3) is 0 Å². The molecule has 1 aliphatic rings. The lowest BCUT2D eigenvalue weighted by Crippen LogP contribution is -2.01. The van der Waals surface area contributed by atoms with Crippen LogP contribution in [0.1, 0.15) is 0 Å². The van der Waals surface area contributed by atoms with E-state index in [1.54, 1.807) is 0 Å². The second-order valence-corrected chi connectivity index (χ2v) is 10.7. The summed E-state index contributed by atoms with van der Waals surface area (Å²) < 4.78 is 8.84. The van der Waals surface area contributed by atoms with Crippen LogP contribution in [0.3, 0.4) is 0 Å². The van der Waals surface area contributed by atoms with Gasteiger partial charge in [0.1, 0.15) is 11.2 Å². The van der Waals surface area contributed by atoms with Gasteiger partial charge in [0.15, 0.2) is 11.0 Å². The van der Waals surface area contributed by atoms with Gasteiger partial charge in [-0.15, -0.1) is 0 Å². The summed E-state index contributed by atoms with van der Waals surface area (Å²) >= 11 is 6.87. The summed E-state index contributed by atoms with van der Waals surface area (Å²) in [6, 6.07) is 33.9. The highest BCUT2D eigenvalue weighted by Gasteiger charge is 2.28. The maximum Gasteiger partial charge on any atom is 0.176 e. The van der Waals surface area contributed by atoms with Crippen molar-refractivity contribution >= 4 is 87.9 Å². The van der Waals surface area contributed by atoms with E-state index in [2.05, 4.69) is 77.4 Å². The molecule has 5 heteroatoms. The summed E-state index contributed by atoms with van der Waals surface area (Å²) in [6.07, 6.45) is 0. The standard InChI is InChI=1S/C34H16ClN3O/c35-33-34(37-23-11-4-3-10-22(23)36-33)38-24-13-12-17-7-5-9-20-21-16-18-6-1-2-8-19(18)32-28(21)31-26(39-32)15-14-25(38)30(31)29(24)27(17)20/h1-16H. The first-order chi connectivity index (χ1) is 19.3. The Balaban J connectivity index is 1.52. The Bertz CT molecular complexity index is 2570. The number of nitrogens with zero attached hydrogens (tertiary/aromatic N) is 3. The highest BCUT2D eigenvalue weighted by Crippen LogP contribution is 2.52. The Morgan fingerprint density at radius 2 is 1.33 bits per heavy atom. The van der Waals surface area contributed by atoms with Gasteiger partial charge in [0, 0.05) is 26.9 Å². The van der Waals surface area contributed by atoms with Gasteiger partial charge >= 0.3 is 0 Å². The molecule has 0 bridgehead atoms. The van der Waals surface area contributed by atoms with Crippen molar-refractivity contribution in [2.24, 2.45) is 0 Å². The zero-order valence-electron chi connectivity index (χ0n) is 20.4. The first-order valence-corrected chi connectivity index (χ1v) is 13.3. The van der Waals surface area contributed by atoms with E-state index in [-0.39, 0.29) is 0 Å². The molecule has 180 valence electrons. The molecule has 0 atom stereocenters. The Morgan fingerprint density at radius 3 is 2.23 bits per heavy atom. The van der Waals surface area contributed by atoms with Gasteiger partial charge in [-0.2, -0.15) is 0 Å². The van der Waals surface area contributed by atoms with Crippen LogP contribution in [0.5, 0.6) is 0 Å². The lowest BCUT2D eigenvalue weighted by molar-refractivity contribution is 0.673. The highest BCUT2D eigenvalue weighted by atomic mass is 35.5. The van der Waals surface area contributed by atoms with E-state index in [9.17, 15) is 0 Å². The van der Waals surface area contributed by atoms with Crippen LogP contribution in [0.25, 0.3) is 93.3 Å². The first kappa shape index (κ1) is 20.1. The number of benzene rings is 6. The summed E-state index contributed by atoms with van der Waals surface area (Å²) in [5, 5.41) is 9.78. The van der Waals surface area contributed by atoms with Crippen molar-refractivity contribution in [2.45, 2.75) is 0 Å². The van der Waals surface area contributed by atoms with E-state index in [1.165, 1.54) is 38.1 Å². The molecule has 4 nitrogen and oxygen atoms in total. The predicted octanol–water partition coefficient (Wildman–Crippen LogP) is 9.57. The molecule has 0 saturated heterocycles. The van der Waals surface area contributed by atoms with Crippen LogP contribution in [-0.2, 0) is 0 Å². The maximum absolute atomic E-state index is 6.87. The summed E-state index contributed by atoms with van der Waals surface area (Å²) in [5.74, 6) is 0.630. The van der Waals surface area contributed by atoms with Crippen LogP contribution in [0.4, 0.5) is 0 Å². The number of aromatic nitrogens is 3. The molecular weight excluding hydrogens is 502 g/mol. The minimum Gasteiger partial charge on any atom is -0.455 e. The quantitative estimate of drug-likeness (QED) is 0.218. The van der Waals surface area contributed by atoms with Crippen molar-refractivity contribution in [3.8, 4) is 16.9 Å². The molecule has 0 unspecified atom stereocenters. The summed E-state index contributed by atoms with van der Waals surface area (Å²) in [7, 11) is 0. The maximum atomic E-state index is 6.87. The topological polar surface area (TPSA) is 43.9 Å². The Hall–Kier alpha value is -4.93. The van der Waals surface area contributed by atoms with Gasteiger partial charge in [0.05, 0.1) is 22.1 Å². The van der Waals surface area contributed by atoms with Crippen LogP contribution in [0, 0.1) is 0 Å². The van der Waals surface area contributed by atoms with Crippen molar-refractivity contribution < 1.29 is 4.42 Å². The zero-order valence-corrected chi connectivity index (χ0v) is 21.1. The molecular formula is C34H16ClN3O. The van der Waals surface area contributed by atoms with E-state index in [0.717, 1.165) is 49.4 Å². The van der Waals surface area contributed by atoms with E-state index in [4.69, 9.17) is 26.0 Å². The number of fused-ring (bicyclic) bond motifs is 4. The lowest BCUT2D eigenvalue weighted by atomic mass is 9.93. The van der Waals surface area contributed by atoms with E-state index < -0.39 is 0 Å². The number of hydrogen-bond acceptors (Lipinski definition) is 3. The fourth-order valence-corrected chi connectivity index (χ4v) is 7.06. The second-order valence-electron chi connectivity index (χ2n) is 10.3. The molecule has 39 heavy (non-hydrogen) atoms. The molecule has 0 fully saturated rings. The van der Waals surface area contributed by atoms with Crippen molar-refractivity contribution in [3.63, 3.8) is 0 Å². The van der Waals surface area contributed by atoms with Gasteiger partial charge < -0.3 is 4.42 Å². The minimum atomic E-state index is 0.377. The molecule has 0 aliphatic heterocycles. The van der Waals surface area contributed by atoms with E-state index >= 15 is 0 Å². The normalized spacial score (nSPS) is 12.7. The number of para-hydroxylation sites is 2. The SMILES string of the molecule is Clc1nc2ccccc2nc1-n1c2ccc3cccc4c3c2c2c3c(ccc21)oc1c2ccccc2cc-4c13. The predicted molar refractivity (Wildman–Crippen MR) is 160 cm³/mol. The molecule has 3 heterocycles. The fraction of sp³-hybridized carbons (Fsp3) is 0. The Labute approximate surface area is 225 Å². The molecule has 6 aromatic carbocycles. The summed E-state index contributed by atoms with van der Waals surface area (Å²) in [4.78, 5) is 9.74. The van der Waals surface area contributed by atoms with Gasteiger partial charge in [-0.25, -0.2) is 9.97 Å². The van der Waals surface area contributed by atoms with Gasteiger partial charge in [-0.05, 0) is 63.7 Å². The Morgan fingerprint density at radius 1 is 0.590 bits per heavy atom. The molecule has 1 aliphatic carbocycles. The first-order valence-electron chi connectivity index (χ1n) is 13.0. The van der Waals surface area contributed by atoms with Crippen molar-refractivity contribution in [1.29, 1.82) is 0 Å². The number of furan rings is 1. The van der Waals surface area contributed by atoms with Crippen LogP contribution < -0.4 is 0 Å². The minimum absolute atomic E-state index is 0.377. The molecule has 3 aromatic heterocycles. The van der Waals surface area contributed by atoms with Gasteiger partial charge in [-0.3, -0.25) is 4.57 Å². The third kappa shape index (κ3) is 2.33. The average Bonchev–Trinajstić information content (AvgIpc) is 3.48. The van der Waals surface area contributed by atoms with Gasteiger partial charge in [-0.1, -0.05) is 72.3 Å². The van der Waals surface area contributed by atoms with Crippen molar-refractivity contribution in [1.82, 2.24) is 14.5 Å². The van der Waals surface area contributed by atoms with Crippen LogP contribution in [-0.4, -0.2) is 14.5 Å².